The molecular formula is C24H27N5O. The van der Waals surface area contributed by atoms with Crippen LogP contribution in [0.3, 0.4) is 0 Å². The van der Waals surface area contributed by atoms with Crippen LogP contribution < -0.4 is 10.2 Å². The van der Waals surface area contributed by atoms with Crippen LogP contribution in [0.1, 0.15) is 23.5 Å². The summed E-state index contributed by atoms with van der Waals surface area (Å²) in [6.07, 6.45) is 4.35. The molecule has 1 aromatic heterocycles. The Morgan fingerprint density at radius 2 is 1.40 bits per heavy atom. The Labute approximate surface area is 177 Å². The Bertz CT molecular complexity index is 873. The molecule has 1 fully saturated rings. The van der Waals surface area contributed by atoms with E-state index >= 15 is 0 Å². The summed E-state index contributed by atoms with van der Waals surface area (Å²) >= 11 is 0. The Morgan fingerprint density at radius 3 is 1.97 bits per heavy atom. The van der Waals surface area contributed by atoms with Crippen molar-refractivity contribution in [2.75, 3.05) is 37.6 Å². The normalized spacial score (nSPS) is 14.0. The van der Waals surface area contributed by atoms with Crippen LogP contribution in [0.25, 0.3) is 0 Å². The Kier molecular flexibility index (Phi) is 6.54. The van der Waals surface area contributed by atoms with Crippen LogP contribution in [0, 0.1) is 0 Å². The monoisotopic (exact) mass is 401 g/mol. The number of hydrogen-bond donors (Lipinski definition) is 1. The van der Waals surface area contributed by atoms with Crippen molar-refractivity contribution in [2.24, 2.45) is 0 Å². The van der Waals surface area contributed by atoms with Crippen molar-refractivity contribution in [2.45, 2.75) is 12.3 Å². The van der Waals surface area contributed by atoms with Gasteiger partial charge in [-0.25, -0.2) is 14.8 Å². The quantitative estimate of drug-likeness (QED) is 0.686. The third kappa shape index (κ3) is 4.95. The average molecular weight is 402 g/mol. The van der Waals surface area contributed by atoms with Crippen molar-refractivity contribution >= 4 is 12.0 Å². The SMILES string of the molecule is O=C(NCCC(c1ccccc1)c1ccccc1)N1CCN(c2ncccn2)CC1. The van der Waals surface area contributed by atoms with Crippen LogP contribution in [0.15, 0.2) is 79.1 Å². The summed E-state index contributed by atoms with van der Waals surface area (Å²) in [7, 11) is 0. The van der Waals surface area contributed by atoms with Crippen molar-refractivity contribution < 1.29 is 4.79 Å². The molecule has 4 rings (SSSR count). The zero-order valence-corrected chi connectivity index (χ0v) is 17.0. The second-order valence-electron chi connectivity index (χ2n) is 7.42. The highest BCUT2D eigenvalue weighted by molar-refractivity contribution is 5.74. The molecule has 1 N–H and O–H groups in total. The number of anilines is 1. The van der Waals surface area contributed by atoms with E-state index in [0.717, 1.165) is 25.5 Å². The molecule has 0 saturated carbocycles. The molecule has 0 unspecified atom stereocenters. The number of rotatable bonds is 6. The van der Waals surface area contributed by atoms with Crippen LogP contribution in [-0.2, 0) is 0 Å². The van der Waals surface area contributed by atoms with E-state index in [0.29, 0.717) is 19.6 Å². The molecule has 154 valence electrons. The van der Waals surface area contributed by atoms with Gasteiger partial charge in [0.05, 0.1) is 0 Å². The summed E-state index contributed by atoms with van der Waals surface area (Å²) in [4.78, 5) is 25.2. The molecule has 0 atom stereocenters. The van der Waals surface area contributed by atoms with E-state index in [1.807, 2.05) is 23.1 Å². The highest BCUT2D eigenvalue weighted by atomic mass is 16.2. The van der Waals surface area contributed by atoms with Crippen LogP contribution in [0.5, 0.6) is 0 Å². The first-order valence-corrected chi connectivity index (χ1v) is 10.5. The van der Waals surface area contributed by atoms with Gasteiger partial charge in [-0.1, -0.05) is 60.7 Å². The minimum atomic E-state index is 0.00324. The molecule has 0 bridgehead atoms. The highest BCUT2D eigenvalue weighted by Gasteiger charge is 2.22. The molecule has 1 aliphatic heterocycles. The zero-order valence-electron chi connectivity index (χ0n) is 17.0. The van der Waals surface area contributed by atoms with Gasteiger partial charge in [0.15, 0.2) is 0 Å². The summed E-state index contributed by atoms with van der Waals surface area (Å²) in [5, 5.41) is 3.11. The van der Waals surface area contributed by atoms with E-state index < -0.39 is 0 Å². The largest absolute Gasteiger partial charge is 0.338 e. The number of carbonyl (C=O) groups excluding carboxylic acids is 1. The molecule has 1 saturated heterocycles. The fraction of sp³-hybridized carbons (Fsp3) is 0.292. The van der Waals surface area contributed by atoms with Crippen molar-refractivity contribution in [3.63, 3.8) is 0 Å². The highest BCUT2D eigenvalue weighted by Crippen LogP contribution is 2.27. The molecule has 1 aliphatic rings. The van der Waals surface area contributed by atoms with Gasteiger partial charge in [0.25, 0.3) is 0 Å². The number of nitrogens with zero attached hydrogens (tertiary/aromatic N) is 4. The van der Waals surface area contributed by atoms with Gasteiger partial charge in [-0.2, -0.15) is 0 Å². The lowest BCUT2D eigenvalue weighted by atomic mass is 9.88. The maximum atomic E-state index is 12.7. The molecule has 0 radical (unpaired) electrons. The van der Waals surface area contributed by atoms with Crippen molar-refractivity contribution in [1.29, 1.82) is 0 Å². The minimum Gasteiger partial charge on any atom is -0.338 e. The molecule has 2 amide bonds. The predicted molar refractivity (Wildman–Crippen MR) is 119 cm³/mol. The van der Waals surface area contributed by atoms with E-state index in [1.165, 1.54) is 11.1 Å². The predicted octanol–water partition coefficient (Wildman–Crippen LogP) is 3.53. The third-order valence-electron chi connectivity index (χ3n) is 5.51. The number of piperazine rings is 1. The maximum Gasteiger partial charge on any atom is 0.317 e. The summed E-state index contributed by atoms with van der Waals surface area (Å²) in [5.74, 6) is 0.992. The lowest BCUT2D eigenvalue weighted by molar-refractivity contribution is 0.194. The third-order valence-corrected chi connectivity index (χ3v) is 5.51. The van der Waals surface area contributed by atoms with Crippen LogP contribution in [0.4, 0.5) is 10.7 Å². The number of urea groups is 1. The molecule has 30 heavy (non-hydrogen) atoms. The van der Waals surface area contributed by atoms with E-state index in [2.05, 4.69) is 68.7 Å². The average Bonchev–Trinajstić information content (AvgIpc) is 2.83. The molecule has 6 heteroatoms. The van der Waals surface area contributed by atoms with Crippen LogP contribution in [-0.4, -0.2) is 53.6 Å². The lowest BCUT2D eigenvalue weighted by Crippen LogP contribution is -2.52. The van der Waals surface area contributed by atoms with Gasteiger partial charge in [-0.15, -0.1) is 0 Å². The maximum absolute atomic E-state index is 12.7. The number of aromatic nitrogens is 2. The fourth-order valence-electron chi connectivity index (χ4n) is 3.90. The minimum absolute atomic E-state index is 0.00324. The summed E-state index contributed by atoms with van der Waals surface area (Å²) in [6.45, 7) is 3.47. The Hall–Kier alpha value is -3.41. The van der Waals surface area contributed by atoms with Crippen LogP contribution in [0.2, 0.25) is 0 Å². The zero-order chi connectivity index (χ0) is 20.6. The second kappa shape index (κ2) is 9.87. The summed E-state index contributed by atoms with van der Waals surface area (Å²) in [5.41, 5.74) is 2.55. The van der Waals surface area contributed by atoms with Crippen LogP contribution >= 0.6 is 0 Å². The summed E-state index contributed by atoms with van der Waals surface area (Å²) < 4.78 is 0. The van der Waals surface area contributed by atoms with Crippen molar-refractivity contribution in [3.05, 3.63) is 90.3 Å². The first-order chi connectivity index (χ1) is 14.8. The number of hydrogen-bond acceptors (Lipinski definition) is 4. The number of nitrogens with one attached hydrogen (secondary N) is 1. The number of benzene rings is 2. The lowest BCUT2D eigenvalue weighted by Gasteiger charge is -2.34. The first kappa shape index (κ1) is 19.9. The topological polar surface area (TPSA) is 61.4 Å². The second-order valence-corrected chi connectivity index (χ2v) is 7.42. The Morgan fingerprint density at radius 1 is 0.833 bits per heavy atom. The van der Waals surface area contributed by atoms with Gasteiger partial charge in [0, 0.05) is 51.0 Å². The summed E-state index contributed by atoms with van der Waals surface area (Å²) in [6, 6.07) is 22.8. The van der Waals surface area contributed by atoms with Crippen molar-refractivity contribution in [1.82, 2.24) is 20.2 Å². The van der Waals surface area contributed by atoms with Crippen molar-refractivity contribution in [3.8, 4) is 0 Å². The molecule has 2 heterocycles. The molecule has 0 aliphatic carbocycles. The molecule has 6 nitrogen and oxygen atoms in total. The molecule has 2 aromatic carbocycles. The van der Waals surface area contributed by atoms with Gasteiger partial charge in [-0.05, 0) is 23.6 Å². The van der Waals surface area contributed by atoms with Gasteiger partial charge < -0.3 is 15.1 Å². The number of carbonyl (C=O) groups is 1. The van der Waals surface area contributed by atoms with Gasteiger partial charge in [0.1, 0.15) is 0 Å². The molecular weight excluding hydrogens is 374 g/mol. The molecule has 0 spiro atoms. The first-order valence-electron chi connectivity index (χ1n) is 10.5. The standard InChI is InChI=1S/C24H27N5O/c30-24(29-18-16-28(17-19-29)23-25-13-7-14-26-23)27-15-12-22(20-8-3-1-4-9-20)21-10-5-2-6-11-21/h1-11,13-14,22H,12,15-19H2,(H,27,30). The van der Waals surface area contributed by atoms with E-state index in [4.69, 9.17) is 0 Å². The van der Waals surface area contributed by atoms with Gasteiger partial charge >= 0.3 is 6.03 Å². The number of amides is 2. The van der Waals surface area contributed by atoms with E-state index in [1.54, 1.807) is 12.4 Å². The van der Waals surface area contributed by atoms with Gasteiger partial charge in [0.2, 0.25) is 5.95 Å². The van der Waals surface area contributed by atoms with Gasteiger partial charge in [-0.3, -0.25) is 0 Å². The van der Waals surface area contributed by atoms with E-state index in [9.17, 15) is 4.79 Å². The smallest absolute Gasteiger partial charge is 0.317 e. The molecule has 3 aromatic rings. The Balaban J connectivity index is 1.30. The van der Waals surface area contributed by atoms with E-state index in [-0.39, 0.29) is 11.9 Å². The fourth-order valence-corrected chi connectivity index (χ4v) is 3.90.